The highest BCUT2D eigenvalue weighted by molar-refractivity contribution is 6.73. The van der Waals surface area contributed by atoms with E-state index in [9.17, 15) is 19.5 Å². The summed E-state index contributed by atoms with van der Waals surface area (Å²) in [5.41, 5.74) is 2.57. The number of nitrogens with zero attached hydrogens (tertiary/aromatic N) is 4. The molecule has 18 heteroatoms. The molecule has 4 atom stereocenters. The van der Waals surface area contributed by atoms with E-state index in [1.165, 1.54) is 0 Å². The van der Waals surface area contributed by atoms with Gasteiger partial charge in [-0.3, -0.25) is 20.2 Å². The molecular formula is C46H59N7O10Si. The van der Waals surface area contributed by atoms with Gasteiger partial charge in [0.1, 0.15) is 44.0 Å². The molecule has 17 nitrogen and oxygen atoms in total. The van der Waals surface area contributed by atoms with Crippen LogP contribution in [-0.2, 0) is 47.6 Å². The molecule has 4 N–H and O–H groups in total. The summed E-state index contributed by atoms with van der Waals surface area (Å²) in [4.78, 5) is 51.6. The number of aliphatic hydroxyl groups excluding tert-OH is 1. The molecule has 3 amide bonds. The Morgan fingerprint density at radius 1 is 0.797 bits per heavy atom. The standard InChI is InChI=1S/C46H59N7O10Si/c1-45(2,3)64(46(4,5)6)61-31-35-38(63-64)37(54)39(62-35)53-27-24-36(50-42(55)58-28-32-18-10-7-11-19-32)49-41(53)48-26-17-16-25-47-40(51-43(56)59-29-33-20-12-8-13-21-33)52-44(57)60-30-34-22-14-9-15-23-34/h7-15,18-24,27,35,37-39,54H,16-17,25-26,28-31H2,1-6H3,(H,48,49,50,55)(H2,47,51,52,56,57)/t35-,37-,38-,39-/m1/s1. The summed E-state index contributed by atoms with van der Waals surface area (Å²) in [6.45, 7) is 13.5. The topological polar surface area (TPSA) is 205 Å². The first kappa shape index (κ1) is 47.6. The van der Waals surface area contributed by atoms with E-state index in [1.807, 2.05) is 91.0 Å². The molecule has 4 aromatic rings. The van der Waals surface area contributed by atoms with Gasteiger partial charge in [-0.1, -0.05) is 133 Å². The zero-order valence-corrected chi connectivity index (χ0v) is 38.2. The number of guanidine groups is 1. The van der Waals surface area contributed by atoms with Crippen molar-refractivity contribution in [2.45, 2.75) is 109 Å². The Kier molecular flexibility index (Phi) is 16.1. The minimum absolute atomic E-state index is 0.00256. The monoisotopic (exact) mass is 897 g/mol. The summed E-state index contributed by atoms with van der Waals surface area (Å²) in [5, 5.41) is 19.4. The van der Waals surface area contributed by atoms with Crippen LogP contribution < -0.4 is 21.6 Å². The molecule has 0 spiro atoms. The largest absolute Gasteiger partial charge is 0.444 e. The molecule has 2 saturated heterocycles. The van der Waals surface area contributed by atoms with Gasteiger partial charge < -0.3 is 38.2 Å². The third kappa shape index (κ3) is 12.6. The molecule has 0 radical (unpaired) electrons. The van der Waals surface area contributed by atoms with Crippen LogP contribution in [0.15, 0.2) is 113 Å². The number of aromatic nitrogens is 2. The average molecular weight is 898 g/mol. The number of benzene rings is 3. The highest BCUT2D eigenvalue weighted by Gasteiger charge is 2.65. The average Bonchev–Trinajstić information content (AvgIpc) is 3.60. The van der Waals surface area contributed by atoms with Gasteiger partial charge in [0.15, 0.2) is 6.23 Å². The zero-order chi connectivity index (χ0) is 45.7. The maximum absolute atomic E-state index is 12.8. The van der Waals surface area contributed by atoms with Crippen LogP contribution in [0.25, 0.3) is 0 Å². The molecule has 0 aliphatic carbocycles. The fraction of sp³-hybridized carbons (Fsp3) is 0.435. The van der Waals surface area contributed by atoms with Crippen molar-refractivity contribution in [3.63, 3.8) is 0 Å². The predicted molar refractivity (Wildman–Crippen MR) is 240 cm³/mol. The highest BCUT2D eigenvalue weighted by Crippen LogP contribution is 2.55. The first-order valence-corrected chi connectivity index (χ1v) is 23.2. The Morgan fingerprint density at radius 2 is 1.36 bits per heavy atom. The summed E-state index contributed by atoms with van der Waals surface area (Å²) in [5.74, 6) is 0.0341. The molecule has 0 saturated carbocycles. The van der Waals surface area contributed by atoms with Crippen LogP contribution in [0.4, 0.5) is 20.2 Å². The summed E-state index contributed by atoms with van der Waals surface area (Å²) in [7, 11) is -2.93. The number of unbranched alkanes of at least 4 members (excludes halogenated alkanes) is 1. The molecular weight excluding hydrogens is 839 g/mol. The van der Waals surface area contributed by atoms with Gasteiger partial charge in [-0.25, -0.2) is 14.4 Å². The predicted octanol–water partition coefficient (Wildman–Crippen LogP) is 7.24. The Bertz CT molecular complexity index is 2250. The summed E-state index contributed by atoms with van der Waals surface area (Å²) in [6.07, 6.45) is -2.97. The maximum atomic E-state index is 12.8. The molecule has 3 heterocycles. The minimum atomic E-state index is -2.93. The van der Waals surface area contributed by atoms with E-state index in [1.54, 1.807) is 16.8 Å². The number of hydrogen-bond acceptors (Lipinski definition) is 12. The first-order valence-electron chi connectivity index (χ1n) is 21.4. The van der Waals surface area contributed by atoms with Gasteiger partial charge in [-0.15, -0.1) is 4.99 Å². The lowest BCUT2D eigenvalue weighted by atomic mass is 10.1. The number of nitrogens with one attached hydrogen (secondary N) is 3. The Hall–Kier alpha value is -5.92. The highest BCUT2D eigenvalue weighted by atomic mass is 28.4. The van der Waals surface area contributed by atoms with Gasteiger partial charge in [0.05, 0.1) is 6.61 Å². The first-order chi connectivity index (χ1) is 30.6. The number of fused-ring (bicyclic) bond motifs is 1. The fourth-order valence-electron chi connectivity index (χ4n) is 7.67. The number of ether oxygens (including phenoxy) is 4. The van der Waals surface area contributed by atoms with Crippen molar-refractivity contribution in [3.8, 4) is 0 Å². The van der Waals surface area contributed by atoms with Gasteiger partial charge in [-0.2, -0.15) is 4.98 Å². The quantitative estimate of drug-likeness (QED) is 0.0345. The van der Waals surface area contributed by atoms with E-state index in [2.05, 4.69) is 67.5 Å². The third-order valence-electron chi connectivity index (χ3n) is 10.6. The van der Waals surface area contributed by atoms with E-state index < -0.39 is 51.4 Å². The molecule has 2 aliphatic rings. The Labute approximate surface area is 374 Å². The molecule has 2 aliphatic heterocycles. The van der Waals surface area contributed by atoms with Crippen molar-refractivity contribution < 1.29 is 47.3 Å². The van der Waals surface area contributed by atoms with E-state index in [0.29, 0.717) is 12.8 Å². The lowest BCUT2D eigenvalue weighted by Gasteiger charge is -2.53. The number of aliphatic hydroxyl groups is 1. The zero-order valence-electron chi connectivity index (χ0n) is 37.2. The van der Waals surface area contributed by atoms with Gasteiger partial charge >= 0.3 is 26.8 Å². The Morgan fingerprint density at radius 3 is 1.94 bits per heavy atom. The normalized spacial score (nSPS) is 19.9. The number of hydrogen-bond donors (Lipinski definition) is 4. The second kappa shape index (κ2) is 21.6. The number of rotatable bonds is 13. The summed E-state index contributed by atoms with van der Waals surface area (Å²) >= 11 is 0. The fourth-order valence-corrected chi connectivity index (χ4v) is 12.6. The molecule has 342 valence electrons. The van der Waals surface area contributed by atoms with Crippen molar-refractivity contribution >= 4 is 38.6 Å². The second-order valence-corrected chi connectivity index (χ2v) is 22.2. The molecule has 2 fully saturated rings. The van der Waals surface area contributed by atoms with Crippen LogP contribution in [-0.4, -0.2) is 85.5 Å². The lowest BCUT2D eigenvalue weighted by molar-refractivity contribution is -0.0810. The van der Waals surface area contributed by atoms with Crippen molar-refractivity contribution in [1.29, 1.82) is 0 Å². The maximum Gasteiger partial charge on any atom is 0.437 e. The van der Waals surface area contributed by atoms with Gasteiger partial charge in [0.25, 0.3) is 0 Å². The number of carbonyl (C=O) groups is 3. The van der Waals surface area contributed by atoms with Gasteiger partial charge in [0, 0.05) is 29.4 Å². The van der Waals surface area contributed by atoms with Crippen molar-refractivity contribution in [3.05, 3.63) is 126 Å². The van der Waals surface area contributed by atoms with Crippen LogP contribution in [0.3, 0.4) is 0 Å². The van der Waals surface area contributed by atoms with E-state index in [0.717, 1.165) is 16.7 Å². The molecule has 1 aromatic heterocycles. The smallest absolute Gasteiger partial charge is 0.437 e. The molecule has 0 bridgehead atoms. The van der Waals surface area contributed by atoms with E-state index >= 15 is 0 Å². The number of aliphatic imine (C=N–C) groups is 1. The van der Waals surface area contributed by atoms with Gasteiger partial charge in [0.2, 0.25) is 11.6 Å². The number of amides is 3. The number of anilines is 1. The van der Waals surface area contributed by atoms with E-state index in [-0.39, 0.29) is 67.0 Å². The van der Waals surface area contributed by atoms with Crippen molar-refractivity contribution in [2.75, 3.05) is 25.0 Å². The third-order valence-corrected chi connectivity index (χ3v) is 15.7. The van der Waals surface area contributed by atoms with Crippen LogP contribution >= 0.6 is 0 Å². The molecule has 3 aromatic carbocycles. The van der Waals surface area contributed by atoms with Crippen molar-refractivity contribution in [2.24, 2.45) is 9.98 Å². The number of alkyl carbamates (subject to hydrolysis) is 1. The number of carbonyl (C=O) groups excluding carboxylic acids is 3. The molecule has 64 heavy (non-hydrogen) atoms. The molecule has 0 unspecified atom stereocenters. The van der Waals surface area contributed by atoms with Crippen LogP contribution in [0.2, 0.25) is 10.1 Å². The Balaban J connectivity index is 1.14. The van der Waals surface area contributed by atoms with Gasteiger partial charge in [-0.05, 0) is 35.6 Å². The SMILES string of the molecule is CC(C)(C)[Si]1(C(C)(C)C)OC[C@H]2O[C@@H](n3ccc(NC(=O)OCc4ccccc4)n/c3=N\CCCCN/C(=N/C(=O)OCc3ccccc3)NC(=O)OCc3ccccc3)[C@H](O)[C@@H]2O1. The summed E-state index contributed by atoms with van der Waals surface area (Å²) in [6, 6.07) is 29.2. The van der Waals surface area contributed by atoms with E-state index in [4.69, 9.17) is 32.8 Å². The van der Waals surface area contributed by atoms with Crippen LogP contribution in [0.5, 0.6) is 0 Å². The molecule has 6 rings (SSSR count). The van der Waals surface area contributed by atoms with Crippen LogP contribution in [0, 0.1) is 0 Å². The summed E-state index contributed by atoms with van der Waals surface area (Å²) < 4.78 is 37.6. The minimum Gasteiger partial charge on any atom is -0.444 e. The van der Waals surface area contributed by atoms with Crippen molar-refractivity contribution in [1.82, 2.24) is 20.2 Å². The van der Waals surface area contributed by atoms with Crippen LogP contribution in [0.1, 0.15) is 77.3 Å². The lowest BCUT2D eigenvalue weighted by Crippen LogP contribution is -2.65. The second-order valence-electron chi connectivity index (χ2n) is 17.5.